The van der Waals surface area contributed by atoms with Gasteiger partial charge in [0.05, 0.1) is 14.2 Å². The molecular formula is C22H25ClO2. The number of hydrogen-bond donors (Lipinski definition) is 0. The van der Waals surface area contributed by atoms with Crippen LogP contribution in [0.4, 0.5) is 0 Å². The number of benzene rings is 2. The van der Waals surface area contributed by atoms with E-state index in [0.717, 1.165) is 27.6 Å². The molecule has 1 aliphatic rings. The largest absolute Gasteiger partial charge is 0.496 e. The number of ether oxygens (including phenoxy) is 2. The molecule has 132 valence electrons. The molecule has 0 bridgehead atoms. The van der Waals surface area contributed by atoms with E-state index in [-0.39, 0.29) is 0 Å². The lowest BCUT2D eigenvalue weighted by atomic mass is 9.82. The molecule has 2 nitrogen and oxygen atoms in total. The van der Waals surface area contributed by atoms with Crippen LogP contribution < -0.4 is 9.47 Å². The van der Waals surface area contributed by atoms with Crippen molar-refractivity contribution >= 4 is 23.8 Å². The third-order valence-corrected chi connectivity index (χ3v) is 5.13. The minimum absolute atomic E-state index is 0.532. The van der Waals surface area contributed by atoms with Crippen LogP contribution in [-0.4, -0.2) is 14.2 Å². The zero-order chi connectivity index (χ0) is 17.6. The van der Waals surface area contributed by atoms with Crippen molar-refractivity contribution in [1.29, 1.82) is 0 Å². The zero-order valence-corrected chi connectivity index (χ0v) is 15.7. The molecular weight excluding hydrogens is 332 g/mol. The molecule has 25 heavy (non-hydrogen) atoms. The average Bonchev–Trinajstić information content (AvgIpc) is 2.66. The van der Waals surface area contributed by atoms with Gasteiger partial charge in [0.1, 0.15) is 11.5 Å². The lowest BCUT2D eigenvalue weighted by Crippen LogP contribution is -2.08. The summed E-state index contributed by atoms with van der Waals surface area (Å²) in [5.41, 5.74) is 3.36. The molecule has 0 unspecified atom stereocenters. The molecule has 0 atom stereocenters. The minimum atomic E-state index is 0.532. The summed E-state index contributed by atoms with van der Waals surface area (Å²) in [6.07, 6.45) is 10.5. The first-order chi connectivity index (χ1) is 12.2. The van der Waals surface area contributed by atoms with Gasteiger partial charge in [0.25, 0.3) is 0 Å². The maximum atomic E-state index is 6.05. The standard InChI is InChI=1S/C22H25ClO2/c1-24-20-14-17(12-11-16-7-6-10-19(23)13-16)15-21(25-2)22(20)18-8-4-3-5-9-18/h6-7,10-15,18H,3-5,8-9H2,1-2H3/b12-11+. The highest BCUT2D eigenvalue weighted by molar-refractivity contribution is 6.30. The second kappa shape index (κ2) is 8.44. The Kier molecular flexibility index (Phi) is 6.04. The number of methoxy groups -OCH3 is 2. The van der Waals surface area contributed by atoms with Crippen molar-refractivity contribution in [2.45, 2.75) is 38.0 Å². The normalized spacial score (nSPS) is 15.5. The lowest BCUT2D eigenvalue weighted by molar-refractivity contribution is 0.359. The third kappa shape index (κ3) is 4.38. The highest BCUT2D eigenvalue weighted by Gasteiger charge is 2.23. The van der Waals surface area contributed by atoms with Crippen LogP contribution in [0.2, 0.25) is 5.02 Å². The Balaban J connectivity index is 1.93. The first-order valence-electron chi connectivity index (χ1n) is 8.91. The lowest BCUT2D eigenvalue weighted by Gasteiger charge is -2.26. The summed E-state index contributed by atoms with van der Waals surface area (Å²) in [5.74, 6) is 2.39. The topological polar surface area (TPSA) is 18.5 Å². The maximum absolute atomic E-state index is 6.05. The van der Waals surface area contributed by atoms with E-state index in [1.165, 1.54) is 37.7 Å². The highest BCUT2D eigenvalue weighted by atomic mass is 35.5. The van der Waals surface area contributed by atoms with E-state index in [1.54, 1.807) is 14.2 Å². The van der Waals surface area contributed by atoms with Gasteiger partial charge < -0.3 is 9.47 Å². The van der Waals surface area contributed by atoms with E-state index in [2.05, 4.69) is 24.3 Å². The Hall–Kier alpha value is -1.93. The van der Waals surface area contributed by atoms with Crippen LogP contribution >= 0.6 is 11.6 Å². The molecule has 0 amide bonds. The predicted octanol–water partition coefficient (Wildman–Crippen LogP) is 6.58. The van der Waals surface area contributed by atoms with Gasteiger partial charge in [-0.1, -0.05) is 55.1 Å². The van der Waals surface area contributed by atoms with Gasteiger partial charge in [-0.3, -0.25) is 0 Å². The fourth-order valence-electron chi connectivity index (χ4n) is 3.65. The first kappa shape index (κ1) is 17.9. The van der Waals surface area contributed by atoms with Gasteiger partial charge in [-0.2, -0.15) is 0 Å². The Morgan fingerprint density at radius 3 is 2.12 bits per heavy atom. The molecule has 0 spiro atoms. The highest BCUT2D eigenvalue weighted by Crippen LogP contribution is 2.43. The fourth-order valence-corrected chi connectivity index (χ4v) is 3.85. The molecule has 0 aliphatic heterocycles. The molecule has 2 aromatic rings. The summed E-state index contributed by atoms with van der Waals surface area (Å²) in [4.78, 5) is 0. The van der Waals surface area contributed by atoms with Gasteiger partial charge in [-0.05, 0) is 54.2 Å². The second-order valence-electron chi connectivity index (χ2n) is 6.56. The monoisotopic (exact) mass is 356 g/mol. The Morgan fingerprint density at radius 2 is 1.52 bits per heavy atom. The van der Waals surface area contributed by atoms with Crippen molar-refractivity contribution < 1.29 is 9.47 Å². The Morgan fingerprint density at radius 1 is 0.880 bits per heavy atom. The van der Waals surface area contributed by atoms with Crippen molar-refractivity contribution in [1.82, 2.24) is 0 Å². The summed E-state index contributed by atoms with van der Waals surface area (Å²) < 4.78 is 11.4. The quantitative estimate of drug-likeness (QED) is 0.563. The molecule has 0 N–H and O–H groups in total. The molecule has 0 heterocycles. The van der Waals surface area contributed by atoms with Crippen LogP contribution in [0, 0.1) is 0 Å². The molecule has 1 saturated carbocycles. The van der Waals surface area contributed by atoms with Gasteiger partial charge >= 0.3 is 0 Å². The summed E-state index contributed by atoms with van der Waals surface area (Å²) in [6.45, 7) is 0. The van der Waals surface area contributed by atoms with Crippen LogP contribution in [0.5, 0.6) is 11.5 Å². The van der Waals surface area contributed by atoms with E-state index in [9.17, 15) is 0 Å². The van der Waals surface area contributed by atoms with E-state index in [4.69, 9.17) is 21.1 Å². The van der Waals surface area contributed by atoms with Crippen molar-refractivity contribution in [2.24, 2.45) is 0 Å². The van der Waals surface area contributed by atoms with Crippen LogP contribution in [0.3, 0.4) is 0 Å². The van der Waals surface area contributed by atoms with Gasteiger partial charge in [0.2, 0.25) is 0 Å². The van der Waals surface area contributed by atoms with Crippen LogP contribution in [0.25, 0.3) is 12.2 Å². The van der Waals surface area contributed by atoms with Crippen LogP contribution in [-0.2, 0) is 0 Å². The molecule has 1 fully saturated rings. The SMILES string of the molecule is COc1cc(/C=C/c2cccc(Cl)c2)cc(OC)c1C1CCCCC1. The summed E-state index contributed by atoms with van der Waals surface area (Å²) in [7, 11) is 3.48. The van der Waals surface area contributed by atoms with Crippen molar-refractivity contribution in [2.75, 3.05) is 14.2 Å². The zero-order valence-electron chi connectivity index (χ0n) is 14.9. The van der Waals surface area contributed by atoms with Crippen molar-refractivity contribution in [3.63, 3.8) is 0 Å². The average molecular weight is 357 g/mol. The van der Waals surface area contributed by atoms with Crippen molar-refractivity contribution in [3.8, 4) is 11.5 Å². The maximum Gasteiger partial charge on any atom is 0.126 e. The molecule has 0 saturated heterocycles. The van der Waals surface area contributed by atoms with Crippen LogP contribution in [0.15, 0.2) is 36.4 Å². The number of halogens is 1. The number of hydrogen-bond acceptors (Lipinski definition) is 2. The molecule has 1 aliphatic carbocycles. The fraction of sp³-hybridized carbons (Fsp3) is 0.364. The predicted molar refractivity (Wildman–Crippen MR) is 106 cm³/mol. The van der Waals surface area contributed by atoms with E-state index in [1.807, 2.05) is 24.3 Å². The summed E-state index contributed by atoms with van der Waals surface area (Å²) >= 11 is 6.05. The molecule has 3 rings (SSSR count). The second-order valence-corrected chi connectivity index (χ2v) is 7.00. The Labute approximate surface area is 155 Å². The van der Waals surface area contributed by atoms with Gasteiger partial charge in [-0.15, -0.1) is 0 Å². The Bertz CT molecular complexity index is 720. The molecule has 2 aromatic carbocycles. The molecule has 3 heteroatoms. The van der Waals surface area contributed by atoms with Crippen molar-refractivity contribution in [3.05, 3.63) is 58.1 Å². The first-order valence-corrected chi connectivity index (χ1v) is 9.28. The van der Waals surface area contributed by atoms with E-state index >= 15 is 0 Å². The third-order valence-electron chi connectivity index (χ3n) is 4.90. The molecule has 0 radical (unpaired) electrons. The minimum Gasteiger partial charge on any atom is -0.496 e. The smallest absolute Gasteiger partial charge is 0.126 e. The van der Waals surface area contributed by atoms with Gasteiger partial charge in [-0.25, -0.2) is 0 Å². The number of rotatable bonds is 5. The van der Waals surface area contributed by atoms with Gasteiger partial charge in [0, 0.05) is 10.6 Å². The summed E-state index contributed by atoms with van der Waals surface area (Å²) in [6, 6.07) is 12.0. The van der Waals surface area contributed by atoms with E-state index in [0.29, 0.717) is 5.92 Å². The summed E-state index contributed by atoms with van der Waals surface area (Å²) in [5, 5.41) is 0.741. The molecule has 0 aromatic heterocycles. The van der Waals surface area contributed by atoms with Crippen LogP contribution in [0.1, 0.15) is 54.7 Å². The van der Waals surface area contributed by atoms with Gasteiger partial charge in [0.15, 0.2) is 0 Å². The van der Waals surface area contributed by atoms with E-state index < -0.39 is 0 Å².